The van der Waals surface area contributed by atoms with E-state index in [0.717, 1.165) is 32.1 Å². The zero-order valence-corrected chi connectivity index (χ0v) is 11.5. The lowest BCUT2D eigenvalue weighted by molar-refractivity contribution is -0.134. The fraction of sp³-hybridized carbons (Fsp3) is 0.846. The van der Waals surface area contributed by atoms with Gasteiger partial charge in [-0.25, -0.2) is 4.79 Å². The summed E-state index contributed by atoms with van der Waals surface area (Å²) in [5.74, 6) is 0.0807. The Morgan fingerprint density at radius 2 is 2.06 bits per heavy atom. The number of hydrogen-bond donors (Lipinski definition) is 2. The number of nitrogens with zero attached hydrogens (tertiary/aromatic N) is 1. The summed E-state index contributed by atoms with van der Waals surface area (Å²) in [4.78, 5) is 25.2. The molecule has 104 valence electrons. The summed E-state index contributed by atoms with van der Waals surface area (Å²) < 4.78 is 0. The zero-order chi connectivity index (χ0) is 13.6. The van der Waals surface area contributed by atoms with Crippen LogP contribution in [0.25, 0.3) is 0 Å². The summed E-state index contributed by atoms with van der Waals surface area (Å²) in [5, 5.41) is 2.97. The zero-order valence-electron chi connectivity index (χ0n) is 11.5. The molecule has 3 N–H and O–H groups in total. The molecule has 1 atom stereocenters. The standard InChI is InChI=1S/C13H25N3O2/c1-3-6-13(11(17)15-8-4-2)7-5-9-16(10-13)12(14)18/h3-10H2,1-2H3,(H2,14,18)(H,15,17). The number of nitrogens with two attached hydrogens (primary N) is 1. The van der Waals surface area contributed by atoms with Crippen LogP contribution in [0.15, 0.2) is 0 Å². The molecule has 5 nitrogen and oxygen atoms in total. The van der Waals surface area contributed by atoms with Gasteiger partial charge < -0.3 is 16.0 Å². The molecule has 1 aliphatic rings. The number of hydrogen-bond acceptors (Lipinski definition) is 2. The number of urea groups is 1. The highest BCUT2D eigenvalue weighted by Crippen LogP contribution is 2.35. The highest BCUT2D eigenvalue weighted by atomic mass is 16.2. The van der Waals surface area contributed by atoms with Crippen LogP contribution >= 0.6 is 0 Å². The van der Waals surface area contributed by atoms with Gasteiger partial charge in [-0.2, -0.15) is 0 Å². The van der Waals surface area contributed by atoms with Gasteiger partial charge in [-0.3, -0.25) is 4.79 Å². The summed E-state index contributed by atoms with van der Waals surface area (Å²) in [6.07, 6.45) is 4.37. The van der Waals surface area contributed by atoms with Crippen LogP contribution in [0.3, 0.4) is 0 Å². The predicted octanol–water partition coefficient (Wildman–Crippen LogP) is 1.47. The van der Waals surface area contributed by atoms with E-state index < -0.39 is 11.4 Å². The van der Waals surface area contributed by atoms with Gasteiger partial charge >= 0.3 is 6.03 Å². The Hall–Kier alpha value is -1.26. The Morgan fingerprint density at radius 1 is 1.33 bits per heavy atom. The average Bonchev–Trinajstić information content (AvgIpc) is 2.36. The van der Waals surface area contributed by atoms with E-state index >= 15 is 0 Å². The molecule has 0 aromatic carbocycles. The first-order valence-electron chi connectivity index (χ1n) is 6.88. The molecule has 1 saturated heterocycles. The topological polar surface area (TPSA) is 75.4 Å². The van der Waals surface area contributed by atoms with Crippen molar-refractivity contribution in [2.75, 3.05) is 19.6 Å². The maximum atomic E-state index is 12.3. The Balaban J connectivity index is 2.78. The number of piperidine rings is 1. The van der Waals surface area contributed by atoms with Gasteiger partial charge in [-0.1, -0.05) is 20.3 Å². The Morgan fingerprint density at radius 3 is 2.61 bits per heavy atom. The Bertz CT molecular complexity index is 303. The number of amides is 3. The maximum absolute atomic E-state index is 12.3. The number of carbonyl (C=O) groups is 2. The highest BCUT2D eigenvalue weighted by molar-refractivity contribution is 5.84. The summed E-state index contributed by atoms with van der Waals surface area (Å²) in [6, 6.07) is -0.418. The summed E-state index contributed by atoms with van der Waals surface area (Å²) >= 11 is 0. The second-order valence-corrected chi connectivity index (χ2v) is 5.15. The minimum absolute atomic E-state index is 0.0807. The SMILES string of the molecule is CCCNC(=O)C1(CCC)CCCN(C(N)=O)C1. The molecule has 3 amide bonds. The molecule has 0 aromatic heterocycles. The van der Waals surface area contributed by atoms with Gasteiger partial charge in [0.25, 0.3) is 0 Å². The van der Waals surface area contributed by atoms with E-state index in [9.17, 15) is 9.59 Å². The average molecular weight is 255 g/mol. The van der Waals surface area contributed by atoms with Gasteiger partial charge in [0.05, 0.1) is 5.41 Å². The van der Waals surface area contributed by atoms with Crippen LogP contribution in [0.1, 0.15) is 46.0 Å². The molecule has 1 fully saturated rings. The largest absolute Gasteiger partial charge is 0.356 e. The van der Waals surface area contributed by atoms with Crippen molar-refractivity contribution in [1.82, 2.24) is 10.2 Å². The summed E-state index contributed by atoms with van der Waals surface area (Å²) in [5.41, 5.74) is 4.91. The molecule has 0 spiro atoms. The van der Waals surface area contributed by atoms with Gasteiger partial charge in [0.15, 0.2) is 0 Å². The maximum Gasteiger partial charge on any atom is 0.314 e. The third-order valence-corrected chi connectivity index (χ3v) is 3.63. The molecule has 5 heteroatoms. The van der Waals surface area contributed by atoms with Crippen molar-refractivity contribution < 1.29 is 9.59 Å². The smallest absolute Gasteiger partial charge is 0.314 e. The van der Waals surface area contributed by atoms with E-state index in [1.54, 1.807) is 4.90 Å². The molecule has 0 radical (unpaired) electrons. The lowest BCUT2D eigenvalue weighted by Gasteiger charge is -2.41. The van der Waals surface area contributed by atoms with Crippen LogP contribution in [-0.2, 0) is 4.79 Å². The second-order valence-electron chi connectivity index (χ2n) is 5.15. The van der Waals surface area contributed by atoms with Crippen molar-refractivity contribution in [3.63, 3.8) is 0 Å². The third-order valence-electron chi connectivity index (χ3n) is 3.63. The fourth-order valence-electron chi connectivity index (χ4n) is 2.73. The van der Waals surface area contributed by atoms with Crippen LogP contribution in [-0.4, -0.2) is 36.5 Å². The van der Waals surface area contributed by atoms with Crippen molar-refractivity contribution in [1.29, 1.82) is 0 Å². The first kappa shape index (κ1) is 14.8. The number of primary amides is 1. The quantitative estimate of drug-likeness (QED) is 0.780. The Labute approximate surface area is 109 Å². The second kappa shape index (κ2) is 6.61. The molecule has 0 aromatic rings. The van der Waals surface area contributed by atoms with Gasteiger partial charge in [0.1, 0.15) is 0 Å². The van der Waals surface area contributed by atoms with Crippen molar-refractivity contribution in [2.45, 2.75) is 46.0 Å². The molecule has 0 saturated carbocycles. The van der Waals surface area contributed by atoms with E-state index in [1.165, 1.54) is 0 Å². The van der Waals surface area contributed by atoms with Crippen molar-refractivity contribution in [2.24, 2.45) is 11.1 Å². The minimum Gasteiger partial charge on any atom is -0.356 e. The third kappa shape index (κ3) is 3.37. The summed E-state index contributed by atoms with van der Waals surface area (Å²) in [7, 11) is 0. The monoisotopic (exact) mass is 255 g/mol. The molecule has 1 rings (SSSR count). The van der Waals surface area contributed by atoms with Crippen LogP contribution in [0, 0.1) is 5.41 Å². The highest BCUT2D eigenvalue weighted by Gasteiger charge is 2.42. The number of nitrogens with one attached hydrogen (secondary N) is 1. The molecule has 0 aliphatic carbocycles. The fourth-order valence-corrected chi connectivity index (χ4v) is 2.73. The molecule has 1 aliphatic heterocycles. The van der Waals surface area contributed by atoms with Crippen molar-refractivity contribution in [3.05, 3.63) is 0 Å². The van der Waals surface area contributed by atoms with Crippen LogP contribution in [0.5, 0.6) is 0 Å². The molecule has 0 bridgehead atoms. The number of carbonyl (C=O) groups excluding carboxylic acids is 2. The number of rotatable bonds is 5. The molecule has 18 heavy (non-hydrogen) atoms. The molecule has 1 heterocycles. The predicted molar refractivity (Wildman–Crippen MR) is 71.0 cm³/mol. The lowest BCUT2D eigenvalue weighted by atomic mass is 9.75. The van der Waals surface area contributed by atoms with E-state index in [0.29, 0.717) is 19.6 Å². The van der Waals surface area contributed by atoms with Crippen molar-refractivity contribution in [3.8, 4) is 0 Å². The van der Waals surface area contributed by atoms with E-state index in [1.807, 2.05) is 6.92 Å². The van der Waals surface area contributed by atoms with Crippen LogP contribution < -0.4 is 11.1 Å². The lowest BCUT2D eigenvalue weighted by Crippen LogP contribution is -2.54. The van der Waals surface area contributed by atoms with Gasteiger partial charge in [0, 0.05) is 19.6 Å². The van der Waals surface area contributed by atoms with E-state index in [2.05, 4.69) is 12.2 Å². The minimum atomic E-state index is -0.433. The van der Waals surface area contributed by atoms with Gasteiger partial charge in [0.2, 0.25) is 5.91 Å². The first-order valence-corrected chi connectivity index (χ1v) is 6.88. The van der Waals surface area contributed by atoms with E-state index in [4.69, 9.17) is 5.73 Å². The van der Waals surface area contributed by atoms with Gasteiger partial charge in [-0.05, 0) is 25.7 Å². The summed E-state index contributed by atoms with van der Waals surface area (Å²) in [6.45, 7) is 5.93. The number of likely N-dealkylation sites (tertiary alicyclic amines) is 1. The van der Waals surface area contributed by atoms with Crippen LogP contribution in [0.2, 0.25) is 0 Å². The first-order chi connectivity index (χ1) is 8.55. The van der Waals surface area contributed by atoms with Crippen LogP contribution in [0.4, 0.5) is 4.79 Å². The van der Waals surface area contributed by atoms with Gasteiger partial charge in [-0.15, -0.1) is 0 Å². The van der Waals surface area contributed by atoms with Crippen molar-refractivity contribution >= 4 is 11.9 Å². The Kier molecular flexibility index (Phi) is 5.44. The van der Waals surface area contributed by atoms with E-state index in [-0.39, 0.29) is 5.91 Å². The normalized spacial score (nSPS) is 23.8. The molecule has 1 unspecified atom stereocenters. The molecular formula is C13H25N3O2. The molecular weight excluding hydrogens is 230 g/mol.